The van der Waals surface area contributed by atoms with Gasteiger partial charge in [-0.1, -0.05) is 176 Å². The summed E-state index contributed by atoms with van der Waals surface area (Å²) in [7, 11) is 0. The smallest absolute Gasteiger partial charge is 0.252 e. The van der Waals surface area contributed by atoms with E-state index in [0.29, 0.717) is 0 Å². The molecule has 0 amide bonds. The van der Waals surface area contributed by atoms with Gasteiger partial charge >= 0.3 is 0 Å². The molecule has 9 aromatic rings. The van der Waals surface area contributed by atoms with Crippen molar-refractivity contribution >= 4 is 100 Å². The molecule has 8 aromatic carbocycles. The van der Waals surface area contributed by atoms with Crippen LogP contribution in [-0.4, -0.2) is 12.3 Å². The van der Waals surface area contributed by atoms with Crippen molar-refractivity contribution in [3.8, 4) is 11.1 Å². The zero-order valence-corrected chi connectivity index (χ0v) is 55.9. The molecule has 2 atom stereocenters. The maximum Gasteiger partial charge on any atom is 0.252 e. The summed E-state index contributed by atoms with van der Waals surface area (Å²) >= 11 is 1.97. The molecule has 0 spiro atoms. The number of hydrogen-bond donors (Lipinski definition) is 0. The third-order valence-electron chi connectivity index (χ3n) is 24.8. The van der Waals surface area contributed by atoms with E-state index in [4.69, 9.17) is 0 Å². The van der Waals surface area contributed by atoms with Gasteiger partial charge in [0.2, 0.25) is 0 Å². The maximum absolute atomic E-state index is 2.90. The molecule has 0 N–H and O–H groups in total. The van der Waals surface area contributed by atoms with Gasteiger partial charge in [0, 0.05) is 60.7 Å². The lowest BCUT2D eigenvalue weighted by molar-refractivity contribution is 0.195. The van der Waals surface area contributed by atoms with Crippen LogP contribution in [0.25, 0.3) is 31.3 Å². The maximum atomic E-state index is 2.90. The van der Waals surface area contributed by atoms with E-state index in [-0.39, 0.29) is 50.2 Å². The summed E-state index contributed by atoms with van der Waals surface area (Å²) in [5, 5.41) is 2.67. The molecule has 3 nitrogen and oxygen atoms in total. The number of fused-ring (bicyclic) bond motifs is 13. The molecule has 1 aromatic heterocycles. The summed E-state index contributed by atoms with van der Waals surface area (Å²) in [5.74, 6) is 0. The summed E-state index contributed by atoms with van der Waals surface area (Å²) in [4.78, 5) is 8.54. The highest BCUT2D eigenvalue weighted by Crippen LogP contribution is 2.63. The van der Waals surface area contributed by atoms with Crippen LogP contribution in [0, 0.1) is 13.8 Å². The SMILES string of the molecule is Cc1cccc(C)c1-c1ccc2c(c1)C1(C)CCCCC1(C)N2c1cc2c3c(c1)N(c1cccc4c1sc1ccccc14)c1cc4c(cc1B3c1cc3c(cc1N2c1ccc2c(c1)C(C)(C)CCC2(C)C)C(C)(C)CCC3(C)C)C(C)(C)CCC4(C)C. The van der Waals surface area contributed by atoms with Crippen LogP contribution in [0.3, 0.4) is 0 Å². The van der Waals surface area contributed by atoms with Crippen LogP contribution in [0.1, 0.15) is 211 Å². The molecule has 442 valence electrons. The van der Waals surface area contributed by atoms with E-state index < -0.39 is 0 Å². The van der Waals surface area contributed by atoms with E-state index in [1.165, 1.54) is 182 Å². The Labute approximate surface area is 524 Å². The van der Waals surface area contributed by atoms with Gasteiger partial charge in [0.25, 0.3) is 6.71 Å². The number of aryl methyl sites for hydroxylation is 2. The second-order valence-electron chi connectivity index (χ2n) is 32.8. The molecule has 0 bridgehead atoms. The lowest BCUT2D eigenvalue weighted by Crippen LogP contribution is -2.62. The molecule has 7 aliphatic rings. The van der Waals surface area contributed by atoms with Gasteiger partial charge in [-0.25, -0.2) is 0 Å². The van der Waals surface area contributed by atoms with Gasteiger partial charge in [-0.3, -0.25) is 0 Å². The van der Waals surface area contributed by atoms with E-state index in [0.717, 1.165) is 25.7 Å². The molecular weight excluding hydrogens is 1070 g/mol. The lowest BCUT2D eigenvalue weighted by atomic mass is 9.32. The Balaban J connectivity index is 1.07. The summed E-state index contributed by atoms with van der Waals surface area (Å²) in [6.45, 7) is 40.1. The minimum absolute atomic E-state index is 0.00216. The Morgan fingerprint density at radius 1 is 0.379 bits per heavy atom. The van der Waals surface area contributed by atoms with Crippen LogP contribution in [-0.2, 0) is 37.9 Å². The minimum Gasteiger partial charge on any atom is -0.334 e. The molecule has 2 unspecified atom stereocenters. The Morgan fingerprint density at radius 2 is 0.897 bits per heavy atom. The van der Waals surface area contributed by atoms with E-state index in [9.17, 15) is 0 Å². The predicted molar refractivity (Wildman–Crippen MR) is 377 cm³/mol. The highest BCUT2D eigenvalue weighted by Gasteiger charge is 2.59. The second kappa shape index (κ2) is 18.1. The van der Waals surface area contributed by atoms with Crippen molar-refractivity contribution in [1.82, 2.24) is 0 Å². The lowest BCUT2D eigenvalue weighted by Gasteiger charge is -2.52. The average Bonchev–Trinajstić information content (AvgIpc) is 1.40. The molecule has 4 heterocycles. The first-order valence-corrected chi connectivity index (χ1v) is 34.2. The van der Waals surface area contributed by atoms with Gasteiger partial charge in [-0.05, 0) is 243 Å². The number of anilines is 8. The van der Waals surface area contributed by atoms with Crippen LogP contribution in [0.15, 0.2) is 133 Å². The van der Waals surface area contributed by atoms with E-state index >= 15 is 0 Å². The summed E-state index contributed by atoms with van der Waals surface area (Å²) in [6, 6.07) is 55.0. The topological polar surface area (TPSA) is 9.72 Å². The zero-order valence-electron chi connectivity index (χ0n) is 55.1. The molecule has 16 rings (SSSR count). The van der Waals surface area contributed by atoms with Crippen LogP contribution < -0.4 is 31.1 Å². The van der Waals surface area contributed by atoms with Crippen molar-refractivity contribution in [1.29, 1.82) is 0 Å². The number of rotatable bonds is 4. The van der Waals surface area contributed by atoms with Gasteiger partial charge in [0.05, 0.1) is 15.9 Å². The predicted octanol–water partition coefficient (Wildman–Crippen LogP) is 21.2. The molecule has 1 fully saturated rings. The highest BCUT2D eigenvalue weighted by molar-refractivity contribution is 7.26. The summed E-state index contributed by atoms with van der Waals surface area (Å²) < 4.78 is 2.69. The van der Waals surface area contributed by atoms with E-state index in [1.807, 2.05) is 11.3 Å². The van der Waals surface area contributed by atoms with Crippen molar-refractivity contribution < 1.29 is 0 Å². The van der Waals surface area contributed by atoms with Gasteiger partial charge in [-0.15, -0.1) is 11.3 Å². The van der Waals surface area contributed by atoms with Crippen molar-refractivity contribution in [3.05, 3.63) is 184 Å². The molecule has 5 heteroatoms. The fourth-order valence-electron chi connectivity index (χ4n) is 19.0. The Bertz CT molecular complexity index is 4450. The molecule has 0 saturated heterocycles. The number of benzene rings is 8. The standard InChI is InChI=1S/C82H90BN3S/c1-49-23-21-24-50(2)72(49)51-29-32-65-62(41-51)81(15)33-19-20-34-82(81,16)86(65)53-43-69-73-70(44-53)85(66-27-22-26-55-54-25-17-18-28-71(54)87-74(55)66)68-48-61-59(78(9,10)38-40-80(61,13)14)46-64(68)83(73)63-45-58-60(79(11,12)39-37-77(58,7)8)47-67(63)84(69)52-30-31-56-57(42-52)76(5,6)36-35-75(56,3)4/h17-18,21-32,41-48H,19-20,33-40H2,1-16H3. The fourth-order valence-corrected chi connectivity index (χ4v) is 20.2. The minimum atomic E-state index is -0.196. The molecule has 0 radical (unpaired) electrons. The van der Waals surface area contributed by atoms with Gasteiger partial charge in [0.15, 0.2) is 0 Å². The van der Waals surface area contributed by atoms with Crippen LogP contribution in [0.2, 0.25) is 0 Å². The highest BCUT2D eigenvalue weighted by atomic mass is 32.1. The second-order valence-corrected chi connectivity index (χ2v) is 33.9. The van der Waals surface area contributed by atoms with Gasteiger partial charge in [0.1, 0.15) is 0 Å². The average molecular weight is 1160 g/mol. The van der Waals surface area contributed by atoms with Gasteiger partial charge in [-0.2, -0.15) is 0 Å². The molecular formula is C82H90BN3S. The van der Waals surface area contributed by atoms with Crippen LogP contribution in [0.4, 0.5) is 45.5 Å². The van der Waals surface area contributed by atoms with Crippen molar-refractivity contribution in [2.45, 2.75) is 218 Å². The Kier molecular flexibility index (Phi) is 11.6. The Morgan fingerprint density at radius 3 is 1.52 bits per heavy atom. The van der Waals surface area contributed by atoms with Crippen LogP contribution >= 0.6 is 11.3 Å². The third kappa shape index (κ3) is 7.66. The fraction of sp³-hybridized carbons (Fsp3) is 0.415. The third-order valence-corrected chi connectivity index (χ3v) is 26.1. The largest absolute Gasteiger partial charge is 0.334 e. The van der Waals surface area contributed by atoms with Crippen molar-refractivity contribution in [3.63, 3.8) is 0 Å². The summed E-state index contributed by atoms with van der Waals surface area (Å²) in [6.07, 6.45) is 11.7. The van der Waals surface area contributed by atoms with Gasteiger partial charge < -0.3 is 14.7 Å². The van der Waals surface area contributed by atoms with E-state index in [1.54, 1.807) is 0 Å². The number of thiophene rings is 1. The first-order chi connectivity index (χ1) is 41.1. The summed E-state index contributed by atoms with van der Waals surface area (Å²) in [5.41, 5.74) is 30.7. The molecule has 1 saturated carbocycles. The normalized spacial score (nSPS) is 23.5. The monoisotopic (exact) mass is 1160 g/mol. The first kappa shape index (κ1) is 55.7. The molecule has 3 aliphatic heterocycles. The molecule has 87 heavy (non-hydrogen) atoms. The quantitative estimate of drug-likeness (QED) is 0.163. The van der Waals surface area contributed by atoms with Crippen LogP contribution in [0.5, 0.6) is 0 Å². The van der Waals surface area contributed by atoms with Crippen molar-refractivity contribution in [2.75, 3.05) is 14.7 Å². The number of hydrogen-bond acceptors (Lipinski definition) is 4. The zero-order chi connectivity index (χ0) is 60.7. The van der Waals surface area contributed by atoms with Crippen molar-refractivity contribution in [2.24, 2.45) is 0 Å². The first-order valence-electron chi connectivity index (χ1n) is 33.4. The molecule has 4 aliphatic carbocycles. The van der Waals surface area contributed by atoms with E-state index in [2.05, 4.69) is 259 Å². The Hall–Kier alpha value is -6.56. The number of nitrogens with zero attached hydrogens (tertiary/aromatic N) is 3.